The molecule has 1 aromatic carbocycles. The average Bonchev–Trinajstić information content (AvgIpc) is 3.09. The monoisotopic (exact) mass is 348 g/mol. The third kappa shape index (κ3) is 2.64. The summed E-state index contributed by atoms with van der Waals surface area (Å²) in [5.41, 5.74) is 2.20. The molecule has 0 saturated heterocycles. The number of rotatable bonds is 2. The van der Waals surface area contributed by atoms with Gasteiger partial charge in [0.2, 0.25) is 0 Å². The lowest BCUT2D eigenvalue weighted by Gasteiger charge is -2.08. The van der Waals surface area contributed by atoms with Crippen LogP contribution in [0.25, 0.3) is 10.2 Å². The number of carbonyl (C=O) groups is 1. The number of aromatic nitrogens is 1. The Labute approximate surface area is 141 Å². The first-order valence-corrected chi connectivity index (χ1v) is 9.19. The Morgan fingerprint density at radius 2 is 2.05 bits per heavy atom. The van der Waals surface area contributed by atoms with Crippen molar-refractivity contribution in [2.45, 2.75) is 25.7 Å². The summed E-state index contributed by atoms with van der Waals surface area (Å²) in [7, 11) is 0. The standard InChI is InChI=1S/C16H13ClN2OS2/c17-10-5-6-11-13(8-10)22-16(18-11)19-15(20)14-7-9-3-1-2-4-12(9)21-14/h5-8H,1-4H2,(H,18,19,20). The molecule has 2 aromatic heterocycles. The summed E-state index contributed by atoms with van der Waals surface area (Å²) in [5, 5.41) is 4.21. The second kappa shape index (κ2) is 5.65. The third-order valence-electron chi connectivity index (χ3n) is 3.79. The Kier molecular flexibility index (Phi) is 3.64. The van der Waals surface area contributed by atoms with E-state index in [1.54, 1.807) is 11.3 Å². The highest BCUT2D eigenvalue weighted by molar-refractivity contribution is 7.22. The molecule has 3 aromatic rings. The minimum atomic E-state index is -0.0652. The molecular weight excluding hydrogens is 336 g/mol. The molecule has 1 aliphatic rings. The number of hydrogen-bond donors (Lipinski definition) is 1. The first-order chi connectivity index (χ1) is 10.7. The highest BCUT2D eigenvalue weighted by atomic mass is 35.5. The van der Waals surface area contributed by atoms with Gasteiger partial charge >= 0.3 is 0 Å². The zero-order valence-electron chi connectivity index (χ0n) is 11.7. The van der Waals surface area contributed by atoms with Crippen LogP contribution in [-0.2, 0) is 12.8 Å². The number of thiophene rings is 1. The summed E-state index contributed by atoms with van der Waals surface area (Å²) in [6.45, 7) is 0. The van der Waals surface area contributed by atoms with E-state index < -0.39 is 0 Å². The van der Waals surface area contributed by atoms with Gasteiger partial charge in [0.15, 0.2) is 5.13 Å². The number of anilines is 1. The SMILES string of the molecule is O=C(Nc1nc2ccc(Cl)cc2s1)c1cc2c(s1)CCCC2. The molecule has 6 heteroatoms. The number of hydrogen-bond acceptors (Lipinski definition) is 4. The first kappa shape index (κ1) is 14.2. The van der Waals surface area contributed by atoms with Crippen molar-refractivity contribution in [2.75, 3.05) is 5.32 Å². The summed E-state index contributed by atoms with van der Waals surface area (Å²) in [6.07, 6.45) is 4.66. The molecule has 112 valence electrons. The summed E-state index contributed by atoms with van der Waals surface area (Å²) in [5.74, 6) is -0.0652. The zero-order chi connectivity index (χ0) is 15.1. The fourth-order valence-corrected chi connectivity index (χ4v) is 5.00. The highest BCUT2D eigenvalue weighted by Crippen LogP contribution is 2.32. The van der Waals surface area contributed by atoms with Crippen LogP contribution < -0.4 is 5.32 Å². The van der Waals surface area contributed by atoms with E-state index in [4.69, 9.17) is 11.6 Å². The Morgan fingerprint density at radius 3 is 2.91 bits per heavy atom. The second-order valence-electron chi connectivity index (χ2n) is 5.35. The first-order valence-electron chi connectivity index (χ1n) is 7.18. The zero-order valence-corrected chi connectivity index (χ0v) is 14.1. The van der Waals surface area contributed by atoms with Crippen LogP contribution in [0.2, 0.25) is 5.02 Å². The minimum absolute atomic E-state index is 0.0652. The van der Waals surface area contributed by atoms with Gasteiger partial charge in [0.1, 0.15) is 0 Å². The molecule has 1 aliphatic carbocycles. The summed E-state index contributed by atoms with van der Waals surface area (Å²) in [4.78, 5) is 19.0. The Hall–Kier alpha value is -1.43. The normalized spacial score (nSPS) is 14.0. The summed E-state index contributed by atoms with van der Waals surface area (Å²) >= 11 is 9.04. The molecule has 0 bridgehead atoms. The number of aryl methyl sites for hydroxylation is 2. The van der Waals surface area contributed by atoms with Crippen molar-refractivity contribution in [3.63, 3.8) is 0 Å². The van der Waals surface area contributed by atoms with Crippen LogP contribution in [-0.4, -0.2) is 10.9 Å². The van der Waals surface area contributed by atoms with Crippen molar-refractivity contribution < 1.29 is 4.79 Å². The number of benzene rings is 1. The molecule has 1 amide bonds. The van der Waals surface area contributed by atoms with Crippen LogP contribution in [0, 0.1) is 0 Å². The molecule has 2 heterocycles. The fourth-order valence-electron chi connectivity index (χ4n) is 2.71. The Bertz CT molecular complexity index is 845. The van der Waals surface area contributed by atoms with Crippen LogP contribution in [0.3, 0.4) is 0 Å². The number of thiazole rings is 1. The number of halogens is 1. The van der Waals surface area contributed by atoms with Crippen LogP contribution in [0.4, 0.5) is 5.13 Å². The van der Waals surface area contributed by atoms with E-state index in [1.165, 1.54) is 34.6 Å². The number of carbonyl (C=O) groups excluding carboxylic acids is 1. The van der Waals surface area contributed by atoms with Crippen LogP contribution in [0.15, 0.2) is 24.3 Å². The lowest BCUT2D eigenvalue weighted by molar-refractivity contribution is 0.103. The molecule has 0 atom stereocenters. The summed E-state index contributed by atoms with van der Waals surface area (Å²) < 4.78 is 0.980. The van der Waals surface area contributed by atoms with Crippen LogP contribution in [0.1, 0.15) is 33.0 Å². The highest BCUT2D eigenvalue weighted by Gasteiger charge is 2.18. The topological polar surface area (TPSA) is 42.0 Å². The molecule has 0 unspecified atom stereocenters. The van der Waals surface area contributed by atoms with Crippen molar-refractivity contribution >= 4 is 55.5 Å². The van der Waals surface area contributed by atoms with Gasteiger partial charge in [-0.05, 0) is 55.5 Å². The van der Waals surface area contributed by atoms with E-state index in [2.05, 4.69) is 10.3 Å². The maximum Gasteiger partial charge on any atom is 0.267 e. The molecule has 22 heavy (non-hydrogen) atoms. The van der Waals surface area contributed by atoms with E-state index in [9.17, 15) is 4.79 Å². The molecule has 3 nitrogen and oxygen atoms in total. The van der Waals surface area contributed by atoms with E-state index in [0.29, 0.717) is 10.2 Å². The third-order valence-corrected chi connectivity index (χ3v) is 6.20. The largest absolute Gasteiger partial charge is 0.297 e. The van der Waals surface area contributed by atoms with Crippen molar-refractivity contribution in [3.05, 3.63) is 44.6 Å². The minimum Gasteiger partial charge on any atom is -0.297 e. The Balaban J connectivity index is 1.58. The molecule has 0 saturated carbocycles. The van der Waals surface area contributed by atoms with Gasteiger partial charge in [-0.1, -0.05) is 22.9 Å². The van der Waals surface area contributed by atoms with Gasteiger partial charge in [-0.3, -0.25) is 10.1 Å². The number of nitrogens with zero attached hydrogens (tertiary/aromatic N) is 1. The summed E-state index contributed by atoms with van der Waals surface area (Å²) in [6, 6.07) is 7.59. The van der Waals surface area contributed by atoms with Crippen LogP contribution >= 0.6 is 34.3 Å². The van der Waals surface area contributed by atoms with Crippen LogP contribution in [0.5, 0.6) is 0 Å². The van der Waals surface area contributed by atoms with Gasteiger partial charge in [0.05, 0.1) is 15.1 Å². The number of nitrogens with one attached hydrogen (secondary N) is 1. The van der Waals surface area contributed by atoms with Gasteiger partial charge in [0, 0.05) is 9.90 Å². The van der Waals surface area contributed by atoms with Gasteiger partial charge < -0.3 is 0 Å². The fraction of sp³-hybridized carbons (Fsp3) is 0.250. The number of fused-ring (bicyclic) bond motifs is 2. The van der Waals surface area contributed by atoms with Crippen molar-refractivity contribution in [2.24, 2.45) is 0 Å². The van der Waals surface area contributed by atoms with Gasteiger partial charge in [-0.2, -0.15) is 0 Å². The van der Waals surface area contributed by atoms with Gasteiger partial charge in [0.25, 0.3) is 5.91 Å². The molecule has 0 fully saturated rings. The molecule has 1 N–H and O–H groups in total. The molecule has 0 spiro atoms. The number of amides is 1. The van der Waals surface area contributed by atoms with E-state index >= 15 is 0 Å². The molecular formula is C16H13ClN2OS2. The second-order valence-corrected chi connectivity index (χ2v) is 7.96. The van der Waals surface area contributed by atoms with Gasteiger partial charge in [-0.15, -0.1) is 11.3 Å². The quantitative estimate of drug-likeness (QED) is 0.696. The predicted molar refractivity (Wildman–Crippen MR) is 93.5 cm³/mol. The van der Waals surface area contributed by atoms with Crippen molar-refractivity contribution in [1.29, 1.82) is 0 Å². The maximum atomic E-state index is 12.4. The Morgan fingerprint density at radius 1 is 1.18 bits per heavy atom. The lowest BCUT2D eigenvalue weighted by Crippen LogP contribution is -2.09. The maximum absolute atomic E-state index is 12.4. The van der Waals surface area contributed by atoms with E-state index in [1.807, 2.05) is 24.3 Å². The molecule has 0 aliphatic heterocycles. The average molecular weight is 349 g/mol. The van der Waals surface area contributed by atoms with E-state index in [0.717, 1.165) is 27.9 Å². The lowest BCUT2D eigenvalue weighted by atomic mass is 9.99. The van der Waals surface area contributed by atoms with Gasteiger partial charge in [-0.25, -0.2) is 4.98 Å². The van der Waals surface area contributed by atoms with Crippen molar-refractivity contribution in [1.82, 2.24) is 4.98 Å². The van der Waals surface area contributed by atoms with Crippen molar-refractivity contribution in [3.8, 4) is 0 Å². The molecule has 4 rings (SSSR count). The van der Waals surface area contributed by atoms with E-state index in [-0.39, 0.29) is 5.91 Å². The smallest absolute Gasteiger partial charge is 0.267 e. The predicted octanol–water partition coefficient (Wildman–Crippen LogP) is 5.14. The molecule has 0 radical (unpaired) electrons.